The first-order chi connectivity index (χ1) is 9.95. The van der Waals surface area contributed by atoms with Crippen molar-refractivity contribution < 1.29 is 19.2 Å². The van der Waals surface area contributed by atoms with Gasteiger partial charge in [0.15, 0.2) is 5.82 Å². The lowest BCUT2D eigenvalue weighted by Crippen LogP contribution is -2.13. The topological polar surface area (TPSA) is 92.4 Å². The molecule has 0 fully saturated rings. The molecule has 2 aromatic rings. The van der Waals surface area contributed by atoms with Gasteiger partial charge in [0.2, 0.25) is 0 Å². The van der Waals surface area contributed by atoms with Gasteiger partial charge in [-0.25, -0.2) is 4.79 Å². The van der Waals surface area contributed by atoms with Crippen LogP contribution in [0, 0.1) is 13.8 Å². The second kappa shape index (κ2) is 6.04. The molecule has 6 nitrogen and oxygen atoms in total. The van der Waals surface area contributed by atoms with Gasteiger partial charge in [-0.1, -0.05) is 17.3 Å². The van der Waals surface area contributed by atoms with Crippen molar-refractivity contribution in [1.82, 2.24) is 5.16 Å². The molecule has 0 aliphatic rings. The minimum Gasteiger partial charge on any atom is -0.478 e. The Morgan fingerprint density at radius 3 is 2.67 bits per heavy atom. The van der Waals surface area contributed by atoms with E-state index in [9.17, 15) is 9.59 Å². The SMILES string of the molecule is Cc1cc(NC(=O)c2cc(C=CC(=O)O)ccc2C)no1. The number of carboxylic acids is 1. The van der Waals surface area contributed by atoms with E-state index in [4.69, 9.17) is 9.63 Å². The van der Waals surface area contributed by atoms with Crippen molar-refractivity contribution in [2.75, 3.05) is 5.32 Å². The number of aliphatic carboxylic acids is 1. The summed E-state index contributed by atoms with van der Waals surface area (Å²) in [5, 5.41) is 14.9. The van der Waals surface area contributed by atoms with Crippen LogP contribution in [0.4, 0.5) is 5.82 Å². The molecule has 2 rings (SSSR count). The van der Waals surface area contributed by atoms with Crippen molar-refractivity contribution in [1.29, 1.82) is 0 Å². The number of nitrogens with one attached hydrogen (secondary N) is 1. The molecule has 2 N–H and O–H groups in total. The van der Waals surface area contributed by atoms with Crippen molar-refractivity contribution in [3.05, 3.63) is 52.8 Å². The number of benzene rings is 1. The molecule has 1 amide bonds. The largest absolute Gasteiger partial charge is 0.478 e. The third-order valence-electron chi connectivity index (χ3n) is 2.79. The first-order valence-corrected chi connectivity index (χ1v) is 6.22. The van der Waals surface area contributed by atoms with Gasteiger partial charge < -0.3 is 14.9 Å². The zero-order chi connectivity index (χ0) is 15.4. The van der Waals surface area contributed by atoms with E-state index < -0.39 is 5.97 Å². The number of hydrogen-bond donors (Lipinski definition) is 2. The molecular weight excluding hydrogens is 272 g/mol. The van der Waals surface area contributed by atoms with E-state index in [0.29, 0.717) is 22.7 Å². The van der Waals surface area contributed by atoms with E-state index in [-0.39, 0.29) is 5.91 Å². The van der Waals surface area contributed by atoms with Gasteiger partial charge in [-0.3, -0.25) is 4.79 Å². The Balaban J connectivity index is 2.23. The second-order valence-corrected chi connectivity index (χ2v) is 4.52. The van der Waals surface area contributed by atoms with Crippen LogP contribution < -0.4 is 5.32 Å². The molecule has 1 aromatic carbocycles. The summed E-state index contributed by atoms with van der Waals surface area (Å²) in [5.74, 6) is -0.436. The zero-order valence-electron chi connectivity index (χ0n) is 11.6. The molecule has 1 aromatic heterocycles. The molecule has 0 unspecified atom stereocenters. The van der Waals surface area contributed by atoms with Gasteiger partial charge in [-0.2, -0.15) is 0 Å². The number of amides is 1. The first kappa shape index (κ1) is 14.5. The van der Waals surface area contributed by atoms with Gasteiger partial charge in [0.05, 0.1) is 0 Å². The third kappa shape index (κ3) is 3.79. The number of aromatic nitrogens is 1. The minimum atomic E-state index is -1.04. The number of hydrogen-bond acceptors (Lipinski definition) is 4. The summed E-state index contributed by atoms with van der Waals surface area (Å²) in [6.45, 7) is 3.53. The highest BCUT2D eigenvalue weighted by molar-refractivity contribution is 6.05. The number of carboxylic acid groups (broad SMARTS) is 1. The van der Waals surface area contributed by atoms with Crippen LogP contribution in [-0.4, -0.2) is 22.1 Å². The predicted molar refractivity (Wildman–Crippen MR) is 77.0 cm³/mol. The standard InChI is InChI=1S/C15H14N2O4/c1-9-3-4-11(5-6-14(18)19)8-12(9)15(20)16-13-7-10(2)21-17-13/h3-8H,1-2H3,(H,18,19)(H,16,17,20). The molecular formula is C15H14N2O4. The number of rotatable bonds is 4. The Labute approximate surface area is 121 Å². The summed E-state index contributed by atoms with van der Waals surface area (Å²) >= 11 is 0. The van der Waals surface area contributed by atoms with E-state index in [1.54, 1.807) is 38.1 Å². The molecule has 0 saturated heterocycles. The molecule has 0 saturated carbocycles. The highest BCUT2D eigenvalue weighted by Gasteiger charge is 2.11. The van der Waals surface area contributed by atoms with Gasteiger partial charge in [0.25, 0.3) is 5.91 Å². The molecule has 0 radical (unpaired) electrons. The lowest BCUT2D eigenvalue weighted by molar-refractivity contribution is -0.131. The zero-order valence-corrected chi connectivity index (χ0v) is 11.6. The van der Waals surface area contributed by atoms with Crippen LogP contribution in [0.3, 0.4) is 0 Å². The number of nitrogens with zero attached hydrogens (tertiary/aromatic N) is 1. The van der Waals surface area contributed by atoms with E-state index >= 15 is 0 Å². The molecule has 0 atom stereocenters. The van der Waals surface area contributed by atoms with Crippen molar-refractivity contribution in [2.45, 2.75) is 13.8 Å². The fourth-order valence-electron chi connectivity index (χ4n) is 1.76. The van der Waals surface area contributed by atoms with Gasteiger partial charge in [0.1, 0.15) is 5.76 Å². The Morgan fingerprint density at radius 2 is 2.05 bits per heavy atom. The summed E-state index contributed by atoms with van der Waals surface area (Å²) in [4.78, 5) is 22.7. The molecule has 0 aliphatic heterocycles. The fourth-order valence-corrected chi connectivity index (χ4v) is 1.76. The average molecular weight is 286 g/mol. The van der Waals surface area contributed by atoms with Crippen LogP contribution in [0.1, 0.15) is 27.2 Å². The van der Waals surface area contributed by atoms with Crippen molar-refractivity contribution in [3.63, 3.8) is 0 Å². The van der Waals surface area contributed by atoms with Crippen molar-refractivity contribution >= 4 is 23.8 Å². The van der Waals surface area contributed by atoms with Crippen LogP contribution >= 0.6 is 0 Å². The van der Waals surface area contributed by atoms with Gasteiger partial charge >= 0.3 is 5.97 Å². The highest BCUT2D eigenvalue weighted by Crippen LogP contribution is 2.15. The number of carbonyl (C=O) groups is 2. The average Bonchev–Trinajstić information content (AvgIpc) is 2.83. The summed E-state index contributed by atoms with van der Waals surface area (Å²) in [7, 11) is 0. The third-order valence-corrected chi connectivity index (χ3v) is 2.79. The normalized spacial score (nSPS) is 10.8. The predicted octanol–water partition coefficient (Wildman–Crippen LogP) is 2.64. The van der Waals surface area contributed by atoms with E-state index in [0.717, 1.165) is 11.6 Å². The van der Waals surface area contributed by atoms with E-state index in [1.165, 1.54) is 6.08 Å². The first-order valence-electron chi connectivity index (χ1n) is 6.22. The Bertz CT molecular complexity index is 716. The van der Waals surface area contributed by atoms with E-state index in [1.807, 2.05) is 0 Å². The van der Waals surface area contributed by atoms with Crippen molar-refractivity contribution in [3.8, 4) is 0 Å². The van der Waals surface area contributed by atoms with Crippen LogP contribution in [-0.2, 0) is 4.79 Å². The fraction of sp³-hybridized carbons (Fsp3) is 0.133. The lowest BCUT2D eigenvalue weighted by atomic mass is 10.0. The van der Waals surface area contributed by atoms with Gasteiger partial charge in [-0.15, -0.1) is 0 Å². The number of anilines is 1. The molecule has 0 aliphatic carbocycles. The maximum absolute atomic E-state index is 12.2. The molecule has 1 heterocycles. The summed E-state index contributed by atoms with van der Waals surface area (Å²) in [5.41, 5.74) is 1.85. The molecule has 0 spiro atoms. The lowest BCUT2D eigenvalue weighted by Gasteiger charge is -2.06. The van der Waals surface area contributed by atoms with Gasteiger partial charge in [0, 0.05) is 17.7 Å². The molecule has 6 heteroatoms. The Kier molecular flexibility index (Phi) is 4.18. The molecule has 21 heavy (non-hydrogen) atoms. The quantitative estimate of drug-likeness (QED) is 0.843. The summed E-state index contributed by atoms with van der Waals surface area (Å²) in [6.07, 6.45) is 2.45. The molecule has 0 bridgehead atoms. The van der Waals surface area contributed by atoms with Crippen molar-refractivity contribution in [2.24, 2.45) is 0 Å². The Hall–Kier alpha value is -2.89. The monoisotopic (exact) mass is 286 g/mol. The van der Waals surface area contributed by atoms with Crippen LogP contribution in [0.15, 0.2) is 34.9 Å². The van der Waals surface area contributed by atoms with E-state index in [2.05, 4.69) is 10.5 Å². The summed E-state index contributed by atoms with van der Waals surface area (Å²) < 4.78 is 4.88. The summed E-state index contributed by atoms with van der Waals surface area (Å²) in [6, 6.07) is 6.73. The Morgan fingerprint density at radius 1 is 1.29 bits per heavy atom. The minimum absolute atomic E-state index is 0.327. The maximum Gasteiger partial charge on any atom is 0.328 e. The smallest absolute Gasteiger partial charge is 0.328 e. The number of carbonyl (C=O) groups excluding carboxylic acids is 1. The van der Waals surface area contributed by atoms with Crippen LogP contribution in [0.5, 0.6) is 0 Å². The molecule has 108 valence electrons. The van der Waals surface area contributed by atoms with Crippen LogP contribution in [0.25, 0.3) is 6.08 Å². The maximum atomic E-state index is 12.2. The number of aryl methyl sites for hydroxylation is 2. The van der Waals surface area contributed by atoms with Crippen LogP contribution in [0.2, 0.25) is 0 Å². The highest BCUT2D eigenvalue weighted by atomic mass is 16.5. The second-order valence-electron chi connectivity index (χ2n) is 4.52. The van der Waals surface area contributed by atoms with Gasteiger partial charge in [-0.05, 0) is 37.1 Å².